The molecule has 6 aromatic carbocycles. The second-order valence-electron chi connectivity index (χ2n) is 17.9. The predicted octanol–water partition coefficient (Wildman–Crippen LogP) is 13.5. The molecule has 0 radical (unpaired) electrons. The molecular weight excluding hydrogens is 627 g/mol. The average molecular weight is 674 g/mol. The number of benzene rings is 6. The molecule has 256 valence electrons. The first-order chi connectivity index (χ1) is 25.3. The first-order valence-electron chi connectivity index (χ1n) is 19.7. The Morgan fingerprint density at radius 3 is 1.92 bits per heavy atom. The van der Waals surface area contributed by atoms with Gasteiger partial charge in [0, 0.05) is 22.4 Å². The molecule has 52 heavy (non-hydrogen) atoms. The van der Waals surface area contributed by atoms with Crippen LogP contribution in [0.4, 0.5) is 17.1 Å². The number of anilines is 3. The van der Waals surface area contributed by atoms with E-state index in [1.807, 2.05) is 0 Å². The van der Waals surface area contributed by atoms with Crippen molar-refractivity contribution in [2.45, 2.75) is 63.7 Å². The molecule has 6 unspecified atom stereocenters. The van der Waals surface area contributed by atoms with Gasteiger partial charge in [0.05, 0.1) is 5.69 Å². The van der Waals surface area contributed by atoms with E-state index < -0.39 is 0 Å². The second kappa shape index (κ2) is 10.8. The molecule has 0 aromatic heterocycles. The van der Waals surface area contributed by atoms with Crippen LogP contribution >= 0.6 is 0 Å². The summed E-state index contributed by atoms with van der Waals surface area (Å²) < 4.78 is 0. The number of hydrogen-bond donors (Lipinski definition) is 0. The lowest BCUT2D eigenvalue weighted by atomic mass is 9.49. The molecule has 6 atom stereocenters. The van der Waals surface area contributed by atoms with Gasteiger partial charge in [0.1, 0.15) is 0 Å². The van der Waals surface area contributed by atoms with Gasteiger partial charge in [0.25, 0.3) is 0 Å². The van der Waals surface area contributed by atoms with E-state index in [2.05, 4.69) is 171 Å². The minimum atomic E-state index is 0.0964. The van der Waals surface area contributed by atoms with Crippen LogP contribution in [0.5, 0.6) is 0 Å². The summed E-state index contributed by atoms with van der Waals surface area (Å²) in [6, 6.07) is 55.2. The molecule has 0 N–H and O–H groups in total. The first kappa shape index (κ1) is 30.7. The zero-order valence-corrected chi connectivity index (χ0v) is 30.6. The fraction of sp³-hybridized carbons (Fsp3) is 0.294. The average Bonchev–Trinajstić information content (AvgIpc) is 3.63. The summed E-state index contributed by atoms with van der Waals surface area (Å²) in [6.45, 7) is 6.85. The maximum atomic E-state index is 2.57. The molecule has 2 spiro atoms. The minimum absolute atomic E-state index is 0.0964. The fourth-order valence-corrected chi connectivity index (χ4v) is 12.5. The molecule has 0 heterocycles. The maximum Gasteiger partial charge on any atom is 0.0540 e. The van der Waals surface area contributed by atoms with E-state index in [-0.39, 0.29) is 10.8 Å². The van der Waals surface area contributed by atoms with Crippen LogP contribution in [0, 0.1) is 29.1 Å². The molecule has 4 fully saturated rings. The number of hydrogen-bond acceptors (Lipinski definition) is 1. The predicted molar refractivity (Wildman–Crippen MR) is 216 cm³/mol. The van der Waals surface area contributed by atoms with Crippen molar-refractivity contribution < 1.29 is 0 Å². The molecule has 4 saturated carbocycles. The first-order valence-corrected chi connectivity index (χ1v) is 19.7. The summed E-state index contributed by atoms with van der Waals surface area (Å²) in [7, 11) is 0. The summed E-state index contributed by atoms with van der Waals surface area (Å²) in [6.07, 6.45) is 7.39. The zero-order chi connectivity index (χ0) is 34.8. The lowest BCUT2D eigenvalue weighted by Crippen LogP contribution is -2.50. The van der Waals surface area contributed by atoms with E-state index in [1.54, 1.807) is 11.1 Å². The van der Waals surface area contributed by atoms with Crippen LogP contribution in [-0.2, 0) is 10.8 Å². The van der Waals surface area contributed by atoms with Crippen molar-refractivity contribution in [2.24, 2.45) is 29.1 Å². The largest absolute Gasteiger partial charge is 0.310 e. The summed E-state index contributed by atoms with van der Waals surface area (Å²) in [5, 5.41) is 0. The third kappa shape index (κ3) is 4.11. The summed E-state index contributed by atoms with van der Waals surface area (Å²) in [5.74, 6) is 3.60. The third-order valence-electron chi connectivity index (χ3n) is 14.6. The minimum Gasteiger partial charge on any atom is -0.310 e. The van der Waals surface area contributed by atoms with Crippen LogP contribution < -0.4 is 4.90 Å². The van der Waals surface area contributed by atoms with E-state index in [4.69, 9.17) is 0 Å². The van der Waals surface area contributed by atoms with Gasteiger partial charge in [-0.05, 0) is 148 Å². The van der Waals surface area contributed by atoms with E-state index >= 15 is 0 Å². The Labute approximate surface area is 309 Å². The van der Waals surface area contributed by atoms with Crippen molar-refractivity contribution in [3.8, 4) is 33.4 Å². The summed E-state index contributed by atoms with van der Waals surface area (Å²) in [4.78, 5) is 2.43. The summed E-state index contributed by atoms with van der Waals surface area (Å²) in [5.41, 5.74) is 17.1. The Kier molecular flexibility index (Phi) is 6.40. The van der Waals surface area contributed by atoms with Crippen molar-refractivity contribution >= 4 is 17.1 Å². The smallest absolute Gasteiger partial charge is 0.0540 e. The van der Waals surface area contributed by atoms with Gasteiger partial charge < -0.3 is 4.90 Å². The second-order valence-corrected chi connectivity index (χ2v) is 17.9. The Bertz CT molecular complexity index is 2340. The third-order valence-corrected chi connectivity index (χ3v) is 14.6. The van der Waals surface area contributed by atoms with E-state index in [9.17, 15) is 0 Å². The number of nitrogens with zero attached hydrogens (tertiary/aromatic N) is 1. The number of para-hydroxylation sites is 1. The molecule has 1 heteroatoms. The van der Waals surface area contributed by atoms with Crippen molar-refractivity contribution in [3.05, 3.63) is 162 Å². The van der Waals surface area contributed by atoms with Crippen LogP contribution in [0.15, 0.2) is 146 Å². The van der Waals surface area contributed by atoms with Crippen LogP contribution in [0.2, 0.25) is 0 Å². The van der Waals surface area contributed by atoms with Crippen molar-refractivity contribution in [3.63, 3.8) is 0 Å². The van der Waals surface area contributed by atoms with Gasteiger partial charge in [-0.25, -0.2) is 0 Å². The maximum absolute atomic E-state index is 2.57. The number of rotatable bonds is 5. The highest BCUT2D eigenvalue weighted by atomic mass is 15.1. The molecule has 1 nitrogen and oxygen atoms in total. The van der Waals surface area contributed by atoms with Crippen LogP contribution in [0.25, 0.3) is 33.4 Å². The van der Waals surface area contributed by atoms with Crippen LogP contribution in [0.1, 0.15) is 69.6 Å². The molecule has 6 aromatic rings. The Hall–Kier alpha value is -4.88. The van der Waals surface area contributed by atoms with Crippen LogP contribution in [0.3, 0.4) is 0 Å². The topological polar surface area (TPSA) is 3.24 Å². The standard InChI is InChI=1S/C51H47N/c1-49(2,3)37-20-24-41(25-21-37)52(47-16-10-8-13-42(47)35-11-5-4-6-12-35)40-22-17-34(18-23-40)36-19-26-46-44(29-36)43-14-7-9-15-45(43)51(46)39-28-33-27-38-30-48(51)50(38,31-33)32-39/h4-26,29,33,38-39,48H,27-28,30-32H2,1-3H3. The molecule has 0 saturated heterocycles. The quantitative estimate of drug-likeness (QED) is 0.176. The molecular formula is C51H47N. The van der Waals surface area contributed by atoms with E-state index in [1.165, 1.54) is 76.7 Å². The number of fused-ring (bicyclic) bond motifs is 9. The Balaban J connectivity index is 1.000. The molecule has 0 aliphatic heterocycles. The lowest BCUT2D eigenvalue weighted by Gasteiger charge is -2.54. The van der Waals surface area contributed by atoms with Gasteiger partial charge in [-0.3, -0.25) is 0 Å². The normalized spacial score (nSPS) is 27.3. The zero-order valence-electron chi connectivity index (χ0n) is 30.6. The molecule has 0 amide bonds. The molecule has 5 aliphatic rings. The molecule has 3 bridgehead atoms. The lowest BCUT2D eigenvalue weighted by molar-refractivity contribution is -0.0193. The SMILES string of the molecule is CC(C)(C)c1ccc(N(c2ccc(-c3ccc4c(c3)-c3ccccc3C43C4CC5CC6CC3C6(C5)C4)cc2)c2ccccc2-c2ccccc2)cc1. The van der Waals surface area contributed by atoms with Crippen molar-refractivity contribution in [1.29, 1.82) is 0 Å². The van der Waals surface area contributed by atoms with Crippen LogP contribution in [-0.4, -0.2) is 0 Å². The molecule has 11 rings (SSSR count). The van der Waals surface area contributed by atoms with Gasteiger partial charge in [-0.1, -0.05) is 130 Å². The van der Waals surface area contributed by atoms with Gasteiger partial charge >= 0.3 is 0 Å². The van der Waals surface area contributed by atoms with E-state index in [0.717, 1.165) is 35.0 Å². The Morgan fingerprint density at radius 1 is 0.519 bits per heavy atom. The van der Waals surface area contributed by atoms with E-state index in [0.29, 0.717) is 5.41 Å². The Morgan fingerprint density at radius 2 is 1.15 bits per heavy atom. The summed E-state index contributed by atoms with van der Waals surface area (Å²) >= 11 is 0. The van der Waals surface area contributed by atoms with Gasteiger partial charge in [0.15, 0.2) is 0 Å². The highest BCUT2D eigenvalue weighted by molar-refractivity contribution is 5.89. The highest BCUT2D eigenvalue weighted by Crippen LogP contribution is 2.83. The van der Waals surface area contributed by atoms with Gasteiger partial charge in [0.2, 0.25) is 0 Å². The van der Waals surface area contributed by atoms with Gasteiger partial charge in [-0.2, -0.15) is 0 Å². The highest BCUT2D eigenvalue weighted by Gasteiger charge is 2.76. The van der Waals surface area contributed by atoms with Crippen molar-refractivity contribution in [2.75, 3.05) is 4.90 Å². The monoisotopic (exact) mass is 673 g/mol. The van der Waals surface area contributed by atoms with Crippen molar-refractivity contribution in [1.82, 2.24) is 0 Å². The molecule has 5 aliphatic carbocycles. The fourth-order valence-electron chi connectivity index (χ4n) is 12.5. The van der Waals surface area contributed by atoms with Gasteiger partial charge in [-0.15, -0.1) is 0 Å².